The third kappa shape index (κ3) is 8.89. The highest BCUT2D eigenvalue weighted by molar-refractivity contribution is 7.80. The van der Waals surface area contributed by atoms with Crippen LogP contribution in [0, 0.1) is 0 Å². The topological polar surface area (TPSA) is 97.9 Å². The van der Waals surface area contributed by atoms with Gasteiger partial charge in [0.2, 0.25) is 5.91 Å². The van der Waals surface area contributed by atoms with Gasteiger partial charge in [-0.2, -0.15) is 0 Å². The Morgan fingerprint density at radius 1 is 0.900 bits per heavy atom. The van der Waals surface area contributed by atoms with Crippen molar-refractivity contribution in [1.29, 1.82) is 0 Å². The van der Waals surface area contributed by atoms with Gasteiger partial charge in [-0.05, 0) is 49.5 Å². The summed E-state index contributed by atoms with van der Waals surface area (Å²) < 4.78 is 16.3. The Kier molecular flexibility index (Phi) is 10.1. The van der Waals surface area contributed by atoms with Crippen LogP contribution in [0.15, 0.2) is 54.6 Å². The molecule has 0 atom stereocenters. The van der Waals surface area contributed by atoms with E-state index in [4.69, 9.17) is 26.4 Å². The maximum Gasteiger partial charge on any atom is 0.257 e. The monoisotopic (exact) mass is 431 g/mol. The molecule has 2 rings (SSSR count). The predicted octanol–water partition coefficient (Wildman–Crippen LogP) is 2.21. The maximum absolute atomic E-state index is 12.3. The average molecular weight is 432 g/mol. The molecule has 0 aliphatic rings. The van der Waals surface area contributed by atoms with Gasteiger partial charge in [0, 0.05) is 12.2 Å². The number of hydrogen-bond donors (Lipinski definition) is 3. The van der Waals surface area contributed by atoms with Gasteiger partial charge in [-0.3, -0.25) is 25.8 Å². The number of amides is 2. The Morgan fingerprint density at radius 3 is 2.33 bits per heavy atom. The number of para-hydroxylation sites is 1. The fourth-order valence-corrected chi connectivity index (χ4v) is 2.41. The SMILES string of the molecule is CCOCCC(=O)NNC(=S)NC(=O)c1cccc(OCCOc2ccccc2)c1. The molecule has 2 amide bonds. The van der Waals surface area contributed by atoms with E-state index in [9.17, 15) is 9.59 Å². The number of carbonyl (C=O) groups excluding carboxylic acids is 2. The van der Waals surface area contributed by atoms with Crippen LogP contribution in [0.1, 0.15) is 23.7 Å². The normalized spacial score (nSPS) is 10.0. The number of benzene rings is 2. The van der Waals surface area contributed by atoms with E-state index in [0.29, 0.717) is 37.7 Å². The van der Waals surface area contributed by atoms with Gasteiger partial charge in [0.25, 0.3) is 5.91 Å². The van der Waals surface area contributed by atoms with Crippen LogP contribution in [0.25, 0.3) is 0 Å². The van der Waals surface area contributed by atoms with Crippen LogP contribution in [-0.4, -0.2) is 43.4 Å². The highest BCUT2D eigenvalue weighted by atomic mass is 32.1. The van der Waals surface area contributed by atoms with Crippen molar-refractivity contribution in [3.05, 3.63) is 60.2 Å². The molecule has 9 heteroatoms. The van der Waals surface area contributed by atoms with Crippen molar-refractivity contribution in [3.63, 3.8) is 0 Å². The minimum Gasteiger partial charge on any atom is -0.490 e. The molecule has 0 radical (unpaired) electrons. The molecule has 0 unspecified atom stereocenters. The minimum absolute atomic E-state index is 0.0210. The first-order valence-corrected chi connectivity index (χ1v) is 9.88. The van der Waals surface area contributed by atoms with Crippen molar-refractivity contribution in [2.75, 3.05) is 26.4 Å². The Morgan fingerprint density at radius 2 is 1.60 bits per heavy atom. The zero-order chi connectivity index (χ0) is 21.6. The molecule has 160 valence electrons. The Labute approximate surface area is 180 Å². The van der Waals surface area contributed by atoms with E-state index in [1.807, 2.05) is 37.3 Å². The van der Waals surface area contributed by atoms with Gasteiger partial charge < -0.3 is 14.2 Å². The second-order valence-corrected chi connectivity index (χ2v) is 6.35. The highest BCUT2D eigenvalue weighted by Crippen LogP contribution is 2.14. The molecule has 0 aromatic heterocycles. The molecule has 0 spiro atoms. The smallest absolute Gasteiger partial charge is 0.257 e. The van der Waals surface area contributed by atoms with Gasteiger partial charge in [0.05, 0.1) is 13.0 Å². The molecule has 0 aliphatic heterocycles. The van der Waals surface area contributed by atoms with Crippen LogP contribution in [-0.2, 0) is 9.53 Å². The molecule has 0 saturated carbocycles. The van der Waals surface area contributed by atoms with Crippen molar-refractivity contribution in [3.8, 4) is 11.5 Å². The molecule has 3 N–H and O–H groups in total. The summed E-state index contributed by atoms with van der Waals surface area (Å²) in [6.07, 6.45) is 0.185. The van der Waals surface area contributed by atoms with E-state index in [2.05, 4.69) is 16.2 Å². The molecule has 0 heterocycles. The van der Waals surface area contributed by atoms with Crippen LogP contribution in [0.5, 0.6) is 11.5 Å². The number of ether oxygens (including phenoxy) is 3. The van der Waals surface area contributed by atoms with Gasteiger partial charge in [-0.15, -0.1) is 0 Å². The zero-order valence-electron chi connectivity index (χ0n) is 16.7. The van der Waals surface area contributed by atoms with Gasteiger partial charge >= 0.3 is 0 Å². The third-order valence-corrected chi connectivity index (χ3v) is 3.88. The third-order valence-electron chi connectivity index (χ3n) is 3.68. The van der Waals surface area contributed by atoms with Crippen molar-refractivity contribution < 1.29 is 23.8 Å². The molecule has 8 nitrogen and oxygen atoms in total. The maximum atomic E-state index is 12.3. The van der Waals surface area contributed by atoms with Crippen LogP contribution < -0.4 is 25.6 Å². The number of nitrogens with one attached hydrogen (secondary N) is 3. The first-order valence-electron chi connectivity index (χ1n) is 9.47. The summed E-state index contributed by atoms with van der Waals surface area (Å²) in [5.74, 6) is 0.567. The quantitative estimate of drug-likeness (QED) is 0.301. The van der Waals surface area contributed by atoms with E-state index in [-0.39, 0.29) is 17.4 Å². The average Bonchev–Trinajstić information content (AvgIpc) is 2.76. The Bertz CT molecular complexity index is 832. The van der Waals surface area contributed by atoms with Gasteiger partial charge in [0.15, 0.2) is 5.11 Å². The summed E-state index contributed by atoms with van der Waals surface area (Å²) in [6, 6.07) is 16.1. The number of hydrazine groups is 1. The molecule has 0 aliphatic carbocycles. The van der Waals surface area contributed by atoms with Crippen molar-refractivity contribution in [1.82, 2.24) is 16.2 Å². The van der Waals surface area contributed by atoms with Crippen molar-refractivity contribution in [2.45, 2.75) is 13.3 Å². The summed E-state index contributed by atoms with van der Waals surface area (Å²) >= 11 is 5.01. The van der Waals surface area contributed by atoms with Crippen LogP contribution in [0.4, 0.5) is 0 Å². The first kappa shape index (κ1) is 23.1. The van der Waals surface area contributed by atoms with Crippen LogP contribution in [0.3, 0.4) is 0 Å². The molecule has 2 aromatic carbocycles. The van der Waals surface area contributed by atoms with Gasteiger partial charge in [-0.25, -0.2) is 0 Å². The molecule has 0 saturated heterocycles. The lowest BCUT2D eigenvalue weighted by Gasteiger charge is -2.12. The lowest BCUT2D eigenvalue weighted by atomic mass is 10.2. The lowest BCUT2D eigenvalue weighted by Crippen LogP contribution is -2.48. The number of hydrogen-bond acceptors (Lipinski definition) is 6. The first-order chi connectivity index (χ1) is 14.6. The van der Waals surface area contributed by atoms with Crippen LogP contribution in [0.2, 0.25) is 0 Å². The summed E-state index contributed by atoms with van der Waals surface area (Å²) in [5, 5.41) is 2.47. The predicted molar refractivity (Wildman–Crippen MR) is 116 cm³/mol. The number of thiocarbonyl (C=S) groups is 1. The molecule has 30 heavy (non-hydrogen) atoms. The molecule has 0 bridgehead atoms. The van der Waals surface area contributed by atoms with E-state index >= 15 is 0 Å². The molecular formula is C21H25N3O5S. The Hall–Kier alpha value is -3.17. The second-order valence-electron chi connectivity index (χ2n) is 5.94. The zero-order valence-corrected chi connectivity index (χ0v) is 17.5. The van der Waals surface area contributed by atoms with Gasteiger partial charge in [-0.1, -0.05) is 24.3 Å². The summed E-state index contributed by atoms with van der Waals surface area (Å²) in [7, 11) is 0. The van der Waals surface area contributed by atoms with Gasteiger partial charge in [0.1, 0.15) is 24.7 Å². The van der Waals surface area contributed by atoms with E-state index < -0.39 is 5.91 Å². The molecule has 2 aromatic rings. The number of rotatable bonds is 10. The summed E-state index contributed by atoms with van der Waals surface area (Å²) in [4.78, 5) is 23.9. The summed E-state index contributed by atoms with van der Waals surface area (Å²) in [6.45, 7) is 3.40. The summed E-state index contributed by atoms with van der Waals surface area (Å²) in [5.41, 5.74) is 5.24. The largest absolute Gasteiger partial charge is 0.490 e. The minimum atomic E-state index is -0.429. The number of carbonyl (C=O) groups is 2. The van der Waals surface area contributed by atoms with E-state index in [1.165, 1.54) is 0 Å². The molecular weight excluding hydrogens is 406 g/mol. The van der Waals surface area contributed by atoms with Crippen molar-refractivity contribution in [2.24, 2.45) is 0 Å². The highest BCUT2D eigenvalue weighted by Gasteiger charge is 2.10. The fourth-order valence-electron chi connectivity index (χ4n) is 2.27. The van der Waals surface area contributed by atoms with Crippen LogP contribution >= 0.6 is 12.2 Å². The van der Waals surface area contributed by atoms with E-state index in [0.717, 1.165) is 5.75 Å². The lowest BCUT2D eigenvalue weighted by molar-refractivity contribution is -0.122. The fraction of sp³-hybridized carbons (Fsp3) is 0.286. The van der Waals surface area contributed by atoms with Crippen molar-refractivity contribution >= 4 is 29.1 Å². The Balaban J connectivity index is 1.72. The standard InChI is InChI=1S/C21H25N3O5S/c1-2-27-12-11-19(25)23-24-21(30)22-20(26)16-7-6-10-18(15-16)29-14-13-28-17-8-4-3-5-9-17/h3-10,15H,2,11-14H2,1H3,(H,23,25)(H2,22,24,26,30). The van der Waals surface area contributed by atoms with E-state index in [1.54, 1.807) is 24.3 Å². The second kappa shape index (κ2) is 13.1. The molecule has 0 fully saturated rings.